The summed E-state index contributed by atoms with van der Waals surface area (Å²) in [5.74, 6) is 2.57. The highest BCUT2D eigenvalue weighted by Gasteiger charge is 2.21. The van der Waals surface area contributed by atoms with Crippen molar-refractivity contribution in [3.05, 3.63) is 35.1 Å². The Morgan fingerprint density at radius 3 is 2.71 bits per heavy atom. The summed E-state index contributed by atoms with van der Waals surface area (Å²) in [5.41, 5.74) is 1.02. The summed E-state index contributed by atoms with van der Waals surface area (Å²) in [6, 6.07) is 1.96. The summed E-state index contributed by atoms with van der Waals surface area (Å²) in [4.78, 5) is 13.4. The summed E-state index contributed by atoms with van der Waals surface area (Å²) in [5, 5.41) is 12.4. The highest BCUT2D eigenvalue weighted by atomic mass is 35.5. The van der Waals surface area contributed by atoms with Crippen LogP contribution in [0.25, 0.3) is 0 Å². The molecule has 0 amide bonds. The fourth-order valence-corrected chi connectivity index (χ4v) is 3.29. The maximum atomic E-state index is 6.29. The van der Waals surface area contributed by atoms with Crippen LogP contribution in [0, 0.1) is 6.92 Å². The Hall–Kier alpha value is -2.39. The molecule has 2 aromatic rings. The first-order chi connectivity index (χ1) is 13.6. The van der Waals surface area contributed by atoms with E-state index in [-0.39, 0.29) is 0 Å². The lowest BCUT2D eigenvalue weighted by atomic mass is 10.2. The molecule has 0 aromatic carbocycles. The maximum Gasteiger partial charge on any atom is 0.194 e. The predicted molar refractivity (Wildman–Crippen MR) is 110 cm³/mol. The number of halogens is 1. The summed E-state index contributed by atoms with van der Waals surface area (Å²) >= 11 is 6.29. The molecule has 0 radical (unpaired) electrons. The van der Waals surface area contributed by atoms with Gasteiger partial charge in [-0.1, -0.05) is 11.6 Å². The van der Waals surface area contributed by atoms with Crippen LogP contribution in [0.2, 0.25) is 5.02 Å². The van der Waals surface area contributed by atoms with E-state index < -0.39 is 0 Å². The molecule has 1 N–H and O–H groups in total. The zero-order valence-corrected chi connectivity index (χ0v) is 17.4. The van der Waals surface area contributed by atoms with E-state index in [0.29, 0.717) is 24.7 Å². The second-order valence-corrected chi connectivity index (χ2v) is 6.99. The number of ether oxygens (including phenoxy) is 1. The standard InChI is InChI=1S/C18H27ClN8O/c1-14-23-24-17(25(14)2)13-22-18(21-6-11-28-3)27-9-7-26(8-10-27)16-4-5-20-12-15(16)19/h4-5,12H,6-11,13H2,1-3H3,(H,21,22). The van der Waals surface area contributed by atoms with Gasteiger partial charge in [-0.15, -0.1) is 10.2 Å². The number of aromatic nitrogens is 4. The number of anilines is 1. The highest BCUT2D eigenvalue weighted by Crippen LogP contribution is 2.25. The summed E-state index contributed by atoms with van der Waals surface area (Å²) in [6.07, 6.45) is 3.46. The summed E-state index contributed by atoms with van der Waals surface area (Å²) < 4.78 is 7.12. The third kappa shape index (κ3) is 4.90. The number of rotatable bonds is 6. The molecule has 0 aliphatic carbocycles. The Bertz CT molecular complexity index is 801. The molecule has 152 valence electrons. The average molecular weight is 407 g/mol. The zero-order valence-electron chi connectivity index (χ0n) is 16.6. The lowest BCUT2D eigenvalue weighted by molar-refractivity contribution is 0.202. The first-order valence-electron chi connectivity index (χ1n) is 9.31. The molecule has 28 heavy (non-hydrogen) atoms. The van der Waals surface area contributed by atoms with Gasteiger partial charge in [0.25, 0.3) is 0 Å². The lowest BCUT2D eigenvalue weighted by Gasteiger charge is -2.38. The van der Waals surface area contributed by atoms with Crippen molar-refractivity contribution in [2.75, 3.05) is 51.3 Å². The molecular formula is C18H27ClN8O. The molecule has 0 saturated carbocycles. The van der Waals surface area contributed by atoms with Gasteiger partial charge < -0.3 is 24.4 Å². The molecule has 1 aliphatic heterocycles. The molecule has 1 aliphatic rings. The van der Waals surface area contributed by atoms with Crippen molar-refractivity contribution in [1.82, 2.24) is 30.0 Å². The number of aryl methyl sites for hydroxylation is 1. The zero-order chi connectivity index (χ0) is 19.9. The van der Waals surface area contributed by atoms with Crippen LogP contribution in [0.1, 0.15) is 11.6 Å². The van der Waals surface area contributed by atoms with E-state index in [4.69, 9.17) is 21.3 Å². The lowest BCUT2D eigenvalue weighted by Crippen LogP contribution is -2.53. The smallest absolute Gasteiger partial charge is 0.194 e. The molecule has 2 aromatic heterocycles. The molecule has 9 nitrogen and oxygen atoms in total. The molecule has 1 fully saturated rings. The number of piperazine rings is 1. The van der Waals surface area contributed by atoms with E-state index in [0.717, 1.165) is 49.5 Å². The van der Waals surface area contributed by atoms with Crippen LogP contribution in [-0.2, 0) is 18.3 Å². The number of methoxy groups -OCH3 is 1. The molecule has 0 spiro atoms. The largest absolute Gasteiger partial charge is 0.383 e. The van der Waals surface area contributed by atoms with Crippen LogP contribution in [0.15, 0.2) is 23.5 Å². The summed E-state index contributed by atoms with van der Waals surface area (Å²) in [6.45, 7) is 7.13. The number of guanidine groups is 1. The van der Waals surface area contributed by atoms with E-state index in [1.54, 1.807) is 19.5 Å². The number of aliphatic imine (C=N–C) groups is 1. The third-order valence-electron chi connectivity index (χ3n) is 4.81. The minimum Gasteiger partial charge on any atom is -0.383 e. The fraction of sp³-hybridized carbons (Fsp3) is 0.556. The van der Waals surface area contributed by atoms with Gasteiger partial charge in [0.15, 0.2) is 11.8 Å². The van der Waals surface area contributed by atoms with Gasteiger partial charge in [-0.3, -0.25) is 4.98 Å². The summed E-state index contributed by atoms with van der Waals surface area (Å²) in [7, 11) is 3.65. The number of pyridine rings is 1. The Labute approximate surface area is 170 Å². The van der Waals surface area contributed by atoms with Crippen LogP contribution in [0.3, 0.4) is 0 Å². The van der Waals surface area contributed by atoms with Crippen LogP contribution in [0.4, 0.5) is 5.69 Å². The van der Waals surface area contributed by atoms with Crippen LogP contribution >= 0.6 is 11.6 Å². The Kier molecular flexibility index (Phi) is 7.05. The van der Waals surface area contributed by atoms with Crippen molar-refractivity contribution < 1.29 is 4.74 Å². The van der Waals surface area contributed by atoms with Crippen molar-refractivity contribution >= 4 is 23.2 Å². The van der Waals surface area contributed by atoms with Gasteiger partial charge in [0.05, 0.1) is 17.3 Å². The van der Waals surface area contributed by atoms with E-state index in [1.807, 2.05) is 24.6 Å². The van der Waals surface area contributed by atoms with Crippen LogP contribution in [0.5, 0.6) is 0 Å². The van der Waals surface area contributed by atoms with Crippen molar-refractivity contribution in [1.29, 1.82) is 0 Å². The Morgan fingerprint density at radius 1 is 1.29 bits per heavy atom. The van der Waals surface area contributed by atoms with Crippen LogP contribution in [-0.4, -0.2) is 77.0 Å². The molecule has 1 saturated heterocycles. The molecule has 3 rings (SSSR count). The quantitative estimate of drug-likeness (QED) is 0.436. The van der Waals surface area contributed by atoms with E-state index >= 15 is 0 Å². The maximum absolute atomic E-state index is 6.29. The number of nitrogens with zero attached hydrogens (tertiary/aromatic N) is 7. The van der Waals surface area contributed by atoms with Crippen molar-refractivity contribution in [2.45, 2.75) is 13.5 Å². The number of hydrogen-bond donors (Lipinski definition) is 1. The van der Waals surface area contributed by atoms with Crippen molar-refractivity contribution in [3.8, 4) is 0 Å². The monoisotopic (exact) mass is 406 g/mol. The first kappa shape index (κ1) is 20.3. The minimum absolute atomic E-state index is 0.475. The minimum atomic E-state index is 0.475. The topological polar surface area (TPSA) is 83.7 Å². The Morgan fingerprint density at radius 2 is 2.07 bits per heavy atom. The highest BCUT2D eigenvalue weighted by molar-refractivity contribution is 6.33. The number of hydrogen-bond acceptors (Lipinski definition) is 6. The third-order valence-corrected chi connectivity index (χ3v) is 5.10. The molecule has 0 unspecified atom stereocenters. The SMILES string of the molecule is COCCNC(=NCc1nnc(C)n1C)N1CCN(c2ccncc2Cl)CC1. The van der Waals surface area contributed by atoms with E-state index in [1.165, 1.54) is 0 Å². The van der Waals surface area contributed by atoms with Crippen LogP contribution < -0.4 is 10.2 Å². The average Bonchev–Trinajstić information content (AvgIpc) is 3.03. The van der Waals surface area contributed by atoms with Gasteiger partial charge in [0.1, 0.15) is 12.4 Å². The predicted octanol–water partition coefficient (Wildman–Crippen LogP) is 1.09. The number of nitrogens with one attached hydrogen (secondary N) is 1. The molecule has 3 heterocycles. The molecule has 10 heteroatoms. The van der Waals surface area contributed by atoms with E-state index in [9.17, 15) is 0 Å². The second kappa shape index (κ2) is 9.70. The molecular weight excluding hydrogens is 380 g/mol. The van der Waals surface area contributed by atoms with Gasteiger partial charge in [-0.05, 0) is 13.0 Å². The van der Waals surface area contributed by atoms with Crippen molar-refractivity contribution in [3.63, 3.8) is 0 Å². The normalized spacial score (nSPS) is 15.2. The van der Waals surface area contributed by atoms with Gasteiger partial charge >= 0.3 is 0 Å². The molecule has 0 bridgehead atoms. The van der Waals surface area contributed by atoms with E-state index in [2.05, 4.69) is 30.3 Å². The fourth-order valence-electron chi connectivity index (χ4n) is 3.05. The first-order valence-corrected chi connectivity index (χ1v) is 9.69. The van der Waals surface area contributed by atoms with Gasteiger partial charge in [-0.2, -0.15) is 0 Å². The van der Waals surface area contributed by atoms with Gasteiger partial charge in [-0.25, -0.2) is 4.99 Å². The second-order valence-electron chi connectivity index (χ2n) is 6.58. The van der Waals surface area contributed by atoms with Gasteiger partial charge in [0, 0.05) is 59.3 Å². The van der Waals surface area contributed by atoms with Gasteiger partial charge in [0.2, 0.25) is 0 Å². The van der Waals surface area contributed by atoms with Crippen molar-refractivity contribution in [2.24, 2.45) is 12.0 Å². The molecule has 0 atom stereocenters. The Balaban J connectivity index is 1.66.